The Morgan fingerprint density at radius 1 is 1.31 bits per heavy atom. The number of hydrogen-bond donors (Lipinski definition) is 1. The Labute approximate surface area is 95.4 Å². The molecule has 0 spiro atoms. The molecular formula is C13H17NO2. The Morgan fingerprint density at radius 3 is 2.94 bits per heavy atom. The summed E-state index contributed by atoms with van der Waals surface area (Å²) < 4.78 is 11.3. The van der Waals surface area contributed by atoms with E-state index in [2.05, 4.69) is 18.3 Å². The molecule has 0 saturated carbocycles. The van der Waals surface area contributed by atoms with E-state index in [1.54, 1.807) is 0 Å². The molecule has 0 radical (unpaired) electrons. The summed E-state index contributed by atoms with van der Waals surface area (Å²) in [5.41, 5.74) is 0.845. The summed E-state index contributed by atoms with van der Waals surface area (Å²) in [4.78, 5) is 0. The van der Waals surface area contributed by atoms with Gasteiger partial charge in [0, 0.05) is 5.39 Å². The highest BCUT2D eigenvalue weighted by atomic mass is 16.5. The van der Waals surface area contributed by atoms with E-state index in [-0.39, 0.29) is 0 Å². The number of ether oxygens (including phenoxy) is 1. The van der Waals surface area contributed by atoms with Crippen LogP contribution in [0.15, 0.2) is 28.7 Å². The van der Waals surface area contributed by atoms with Crippen LogP contribution in [0.5, 0.6) is 5.75 Å². The lowest BCUT2D eigenvalue weighted by Gasteiger charge is -2.02. The third kappa shape index (κ3) is 2.19. The van der Waals surface area contributed by atoms with Gasteiger partial charge in [-0.1, -0.05) is 19.1 Å². The number of benzene rings is 1. The van der Waals surface area contributed by atoms with E-state index < -0.39 is 0 Å². The predicted molar refractivity (Wildman–Crippen MR) is 64.8 cm³/mol. The van der Waals surface area contributed by atoms with Gasteiger partial charge in [0.25, 0.3) is 0 Å². The fourth-order valence-corrected chi connectivity index (χ4v) is 1.69. The summed E-state index contributed by atoms with van der Waals surface area (Å²) in [6, 6.07) is 8.02. The SMILES string of the molecule is CCNCc1cc2cccc(OCC)c2o1. The van der Waals surface area contributed by atoms with Gasteiger partial charge in [0.05, 0.1) is 13.2 Å². The molecule has 1 aromatic heterocycles. The van der Waals surface area contributed by atoms with E-state index in [1.807, 2.05) is 25.1 Å². The van der Waals surface area contributed by atoms with Crippen molar-refractivity contribution in [3.05, 3.63) is 30.0 Å². The van der Waals surface area contributed by atoms with Crippen molar-refractivity contribution in [3.63, 3.8) is 0 Å². The summed E-state index contributed by atoms with van der Waals surface area (Å²) in [6.07, 6.45) is 0. The lowest BCUT2D eigenvalue weighted by molar-refractivity contribution is 0.337. The number of fused-ring (bicyclic) bond motifs is 1. The fraction of sp³-hybridized carbons (Fsp3) is 0.385. The molecule has 0 bridgehead atoms. The minimum absolute atomic E-state index is 0.655. The molecule has 16 heavy (non-hydrogen) atoms. The molecule has 0 saturated heterocycles. The maximum absolute atomic E-state index is 5.77. The molecule has 0 aliphatic carbocycles. The minimum atomic E-state index is 0.655. The van der Waals surface area contributed by atoms with Gasteiger partial charge < -0.3 is 14.5 Å². The number of rotatable bonds is 5. The third-order valence-electron chi connectivity index (χ3n) is 2.41. The molecule has 0 fully saturated rings. The first kappa shape index (κ1) is 11.0. The molecule has 0 aliphatic heterocycles. The summed E-state index contributed by atoms with van der Waals surface area (Å²) in [7, 11) is 0. The average Bonchev–Trinajstić information content (AvgIpc) is 2.70. The summed E-state index contributed by atoms with van der Waals surface area (Å²) in [5.74, 6) is 1.77. The van der Waals surface area contributed by atoms with Gasteiger partial charge in [-0.05, 0) is 25.6 Å². The molecule has 0 unspecified atom stereocenters. The van der Waals surface area contributed by atoms with Crippen molar-refractivity contribution in [1.29, 1.82) is 0 Å². The molecule has 1 heterocycles. The molecule has 0 atom stereocenters. The van der Waals surface area contributed by atoms with Crippen LogP contribution in [-0.2, 0) is 6.54 Å². The molecule has 0 aliphatic rings. The Balaban J connectivity index is 2.32. The highest BCUT2D eigenvalue weighted by Gasteiger charge is 2.08. The average molecular weight is 219 g/mol. The van der Waals surface area contributed by atoms with Crippen molar-refractivity contribution < 1.29 is 9.15 Å². The van der Waals surface area contributed by atoms with Crippen LogP contribution in [0.3, 0.4) is 0 Å². The van der Waals surface area contributed by atoms with Crippen LogP contribution in [-0.4, -0.2) is 13.2 Å². The monoisotopic (exact) mass is 219 g/mol. The summed E-state index contributed by atoms with van der Waals surface area (Å²) in [5, 5.41) is 4.34. The first-order valence-corrected chi connectivity index (χ1v) is 5.70. The van der Waals surface area contributed by atoms with Crippen molar-refractivity contribution >= 4 is 11.0 Å². The van der Waals surface area contributed by atoms with Gasteiger partial charge in [0.1, 0.15) is 5.76 Å². The Bertz CT molecular complexity index is 462. The maximum atomic E-state index is 5.77. The van der Waals surface area contributed by atoms with Crippen LogP contribution in [0.25, 0.3) is 11.0 Å². The van der Waals surface area contributed by atoms with E-state index in [1.165, 1.54) is 0 Å². The highest BCUT2D eigenvalue weighted by Crippen LogP contribution is 2.28. The lowest BCUT2D eigenvalue weighted by Crippen LogP contribution is -2.10. The lowest BCUT2D eigenvalue weighted by atomic mass is 10.2. The first-order valence-electron chi connectivity index (χ1n) is 5.70. The molecule has 2 aromatic rings. The van der Waals surface area contributed by atoms with E-state index >= 15 is 0 Å². The first-order chi connectivity index (χ1) is 7.85. The molecule has 3 nitrogen and oxygen atoms in total. The Kier molecular flexibility index (Phi) is 3.47. The van der Waals surface area contributed by atoms with E-state index in [0.29, 0.717) is 6.61 Å². The van der Waals surface area contributed by atoms with Gasteiger partial charge in [0.15, 0.2) is 11.3 Å². The Hall–Kier alpha value is -1.48. The number of nitrogens with one attached hydrogen (secondary N) is 1. The van der Waals surface area contributed by atoms with Gasteiger partial charge in [0.2, 0.25) is 0 Å². The zero-order chi connectivity index (χ0) is 11.4. The molecule has 3 heteroatoms. The van der Waals surface area contributed by atoms with Crippen LogP contribution in [0, 0.1) is 0 Å². The van der Waals surface area contributed by atoms with Gasteiger partial charge in [-0.15, -0.1) is 0 Å². The van der Waals surface area contributed by atoms with E-state index in [0.717, 1.165) is 35.6 Å². The van der Waals surface area contributed by atoms with Crippen molar-refractivity contribution in [1.82, 2.24) is 5.32 Å². The molecule has 2 rings (SSSR count). The van der Waals surface area contributed by atoms with Crippen molar-refractivity contribution in [2.45, 2.75) is 20.4 Å². The van der Waals surface area contributed by atoms with Crippen LogP contribution in [0.1, 0.15) is 19.6 Å². The topological polar surface area (TPSA) is 34.4 Å². The summed E-state index contributed by atoms with van der Waals surface area (Å²) in [6.45, 7) is 6.41. The van der Waals surface area contributed by atoms with Crippen molar-refractivity contribution in [3.8, 4) is 5.75 Å². The minimum Gasteiger partial charge on any atom is -0.490 e. The largest absolute Gasteiger partial charge is 0.490 e. The standard InChI is InChI=1S/C13H17NO2/c1-3-14-9-11-8-10-6-5-7-12(15-4-2)13(10)16-11/h5-8,14H,3-4,9H2,1-2H3. The molecular weight excluding hydrogens is 202 g/mol. The molecule has 1 aromatic carbocycles. The smallest absolute Gasteiger partial charge is 0.176 e. The number of hydrogen-bond acceptors (Lipinski definition) is 3. The zero-order valence-electron chi connectivity index (χ0n) is 9.75. The number of furan rings is 1. The maximum Gasteiger partial charge on any atom is 0.176 e. The van der Waals surface area contributed by atoms with Crippen LogP contribution in [0.4, 0.5) is 0 Å². The second-order valence-electron chi connectivity index (χ2n) is 3.60. The second-order valence-corrected chi connectivity index (χ2v) is 3.60. The molecule has 0 amide bonds. The quantitative estimate of drug-likeness (QED) is 0.839. The normalized spacial score (nSPS) is 10.9. The Morgan fingerprint density at radius 2 is 2.19 bits per heavy atom. The molecule has 1 N–H and O–H groups in total. The van der Waals surface area contributed by atoms with E-state index in [4.69, 9.17) is 9.15 Å². The van der Waals surface area contributed by atoms with Crippen LogP contribution in [0.2, 0.25) is 0 Å². The third-order valence-corrected chi connectivity index (χ3v) is 2.41. The van der Waals surface area contributed by atoms with Crippen LogP contribution < -0.4 is 10.1 Å². The van der Waals surface area contributed by atoms with Crippen molar-refractivity contribution in [2.24, 2.45) is 0 Å². The molecule has 86 valence electrons. The van der Waals surface area contributed by atoms with Gasteiger partial charge >= 0.3 is 0 Å². The van der Waals surface area contributed by atoms with Crippen molar-refractivity contribution in [2.75, 3.05) is 13.2 Å². The second kappa shape index (κ2) is 5.03. The van der Waals surface area contributed by atoms with Gasteiger partial charge in [-0.3, -0.25) is 0 Å². The van der Waals surface area contributed by atoms with Gasteiger partial charge in [-0.2, -0.15) is 0 Å². The predicted octanol–water partition coefficient (Wildman–Crippen LogP) is 2.94. The van der Waals surface area contributed by atoms with E-state index in [9.17, 15) is 0 Å². The zero-order valence-corrected chi connectivity index (χ0v) is 9.75. The van der Waals surface area contributed by atoms with Gasteiger partial charge in [-0.25, -0.2) is 0 Å². The fourth-order valence-electron chi connectivity index (χ4n) is 1.69. The van der Waals surface area contributed by atoms with Crippen LogP contribution >= 0.6 is 0 Å². The number of para-hydroxylation sites is 1. The highest BCUT2D eigenvalue weighted by molar-refractivity contribution is 5.83. The summed E-state index contributed by atoms with van der Waals surface area (Å²) >= 11 is 0.